The summed E-state index contributed by atoms with van der Waals surface area (Å²) in [6.45, 7) is 1.98. The monoisotopic (exact) mass is 288 g/mol. The summed E-state index contributed by atoms with van der Waals surface area (Å²) in [5, 5.41) is 7.02. The van der Waals surface area contributed by atoms with Crippen molar-refractivity contribution in [1.82, 2.24) is 10.6 Å². The molecule has 5 heteroatoms. The molecule has 1 saturated heterocycles. The molecule has 1 amide bonds. The highest BCUT2D eigenvalue weighted by Crippen LogP contribution is 2.11. The molecule has 1 aromatic rings. The maximum absolute atomic E-state index is 11.8. The maximum Gasteiger partial charge on any atom is 0.224 e. The molecule has 1 fully saturated rings. The fourth-order valence-corrected chi connectivity index (χ4v) is 2.29. The van der Waals surface area contributed by atoms with Crippen molar-refractivity contribution in [2.45, 2.75) is 25.3 Å². The summed E-state index contributed by atoms with van der Waals surface area (Å²) in [6, 6.07) is 7.77. The van der Waals surface area contributed by atoms with E-state index in [-0.39, 0.29) is 18.3 Å². The average Bonchev–Trinajstić information content (AvgIpc) is 2.30. The van der Waals surface area contributed by atoms with Gasteiger partial charge in [0.1, 0.15) is 0 Å². The van der Waals surface area contributed by atoms with Gasteiger partial charge in [-0.3, -0.25) is 4.79 Å². The topological polar surface area (TPSA) is 41.1 Å². The minimum atomic E-state index is 0. The molecule has 0 radical (unpaired) electrons. The molecule has 2 N–H and O–H groups in total. The Morgan fingerprint density at radius 2 is 2.11 bits per heavy atom. The molecule has 0 bridgehead atoms. The van der Waals surface area contributed by atoms with Gasteiger partial charge in [0.25, 0.3) is 0 Å². The number of piperidine rings is 1. The second-order valence-electron chi connectivity index (χ2n) is 4.40. The Morgan fingerprint density at radius 3 is 2.78 bits per heavy atom. The van der Waals surface area contributed by atoms with Gasteiger partial charge in [-0.25, -0.2) is 0 Å². The summed E-state index contributed by atoms with van der Waals surface area (Å²) in [7, 11) is 0. The van der Waals surface area contributed by atoms with Crippen molar-refractivity contribution < 1.29 is 4.79 Å². The first kappa shape index (κ1) is 15.3. The zero-order chi connectivity index (χ0) is 12.1. The zero-order valence-electron chi connectivity index (χ0n) is 10.1. The van der Waals surface area contributed by atoms with Gasteiger partial charge in [0.15, 0.2) is 0 Å². The number of halogens is 2. The van der Waals surface area contributed by atoms with Crippen LogP contribution in [0.1, 0.15) is 18.4 Å². The highest BCUT2D eigenvalue weighted by atomic mass is 35.5. The van der Waals surface area contributed by atoms with E-state index in [2.05, 4.69) is 10.6 Å². The minimum absolute atomic E-state index is 0. The van der Waals surface area contributed by atoms with Crippen LogP contribution in [0.15, 0.2) is 24.3 Å². The number of rotatable bonds is 3. The summed E-state index contributed by atoms with van der Waals surface area (Å²) >= 11 is 5.88. The van der Waals surface area contributed by atoms with E-state index < -0.39 is 0 Å². The van der Waals surface area contributed by atoms with Crippen molar-refractivity contribution in [2.24, 2.45) is 0 Å². The van der Waals surface area contributed by atoms with Crippen LogP contribution < -0.4 is 10.6 Å². The molecule has 0 saturated carbocycles. The Balaban J connectivity index is 0.00000162. The SMILES string of the molecule is Cl.O=C(Cc1cccc(Cl)c1)NC1CCNCC1. The Morgan fingerprint density at radius 1 is 1.39 bits per heavy atom. The van der Waals surface area contributed by atoms with Crippen LogP contribution in [0.5, 0.6) is 0 Å². The molecule has 1 aliphatic rings. The van der Waals surface area contributed by atoms with Crippen molar-refractivity contribution in [3.8, 4) is 0 Å². The van der Waals surface area contributed by atoms with E-state index in [9.17, 15) is 4.79 Å². The highest BCUT2D eigenvalue weighted by Gasteiger charge is 2.15. The molecule has 1 heterocycles. The lowest BCUT2D eigenvalue weighted by Crippen LogP contribution is -2.43. The number of hydrogen-bond acceptors (Lipinski definition) is 2. The summed E-state index contributed by atoms with van der Waals surface area (Å²) < 4.78 is 0. The van der Waals surface area contributed by atoms with Crippen molar-refractivity contribution in [2.75, 3.05) is 13.1 Å². The Bertz CT molecular complexity index is 392. The molecule has 100 valence electrons. The first-order valence-electron chi connectivity index (χ1n) is 5.98. The third-order valence-corrected chi connectivity index (χ3v) is 3.19. The number of amides is 1. The van der Waals surface area contributed by atoms with Crippen LogP contribution >= 0.6 is 24.0 Å². The van der Waals surface area contributed by atoms with Crippen LogP contribution in [0.2, 0.25) is 5.02 Å². The van der Waals surface area contributed by atoms with Gasteiger partial charge in [-0.2, -0.15) is 0 Å². The normalized spacial score (nSPS) is 15.8. The van der Waals surface area contributed by atoms with Crippen molar-refractivity contribution in [1.29, 1.82) is 0 Å². The fraction of sp³-hybridized carbons (Fsp3) is 0.462. The van der Waals surface area contributed by atoms with Crippen LogP contribution in [0.3, 0.4) is 0 Å². The highest BCUT2D eigenvalue weighted by molar-refractivity contribution is 6.30. The Hall–Kier alpha value is -0.770. The zero-order valence-corrected chi connectivity index (χ0v) is 11.7. The van der Waals surface area contributed by atoms with Crippen molar-refractivity contribution in [3.05, 3.63) is 34.9 Å². The lowest BCUT2D eigenvalue weighted by molar-refractivity contribution is -0.121. The number of carbonyl (C=O) groups is 1. The third kappa shape index (κ3) is 4.84. The van der Waals surface area contributed by atoms with E-state index in [0.29, 0.717) is 17.5 Å². The molecule has 0 aliphatic carbocycles. The van der Waals surface area contributed by atoms with Gasteiger partial charge >= 0.3 is 0 Å². The largest absolute Gasteiger partial charge is 0.353 e. The van der Waals surface area contributed by atoms with Crippen LogP contribution in [0, 0.1) is 0 Å². The summed E-state index contributed by atoms with van der Waals surface area (Å²) in [5.74, 6) is 0.0826. The van der Waals surface area contributed by atoms with E-state index in [4.69, 9.17) is 11.6 Å². The van der Waals surface area contributed by atoms with E-state index in [1.165, 1.54) is 0 Å². The summed E-state index contributed by atoms with van der Waals surface area (Å²) in [6.07, 6.45) is 2.44. The van der Waals surface area contributed by atoms with Gasteiger partial charge in [0, 0.05) is 11.1 Å². The average molecular weight is 289 g/mol. The Labute approximate surface area is 119 Å². The summed E-state index contributed by atoms with van der Waals surface area (Å²) in [5.41, 5.74) is 0.962. The van der Waals surface area contributed by atoms with E-state index in [1.54, 1.807) is 0 Å². The minimum Gasteiger partial charge on any atom is -0.353 e. The van der Waals surface area contributed by atoms with Gasteiger partial charge in [0.05, 0.1) is 6.42 Å². The predicted molar refractivity (Wildman–Crippen MR) is 76.4 cm³/mol. The molecule has 1 aliphatic heterocycles. The van der Waals surface area contributed by atoms with Gasteiger partial charge in [-0.1, -0.05) is 23.7 Å². The standard InChI is InChI=1S/C13H17ClN2O.ClH/c14-11-3-1-2-10(8-11)9-13(17)16-12-4-6-15-7-5-12;/h1-3,8,12,15H,4-7,9H2,(H,16,17);1H. The fourth-order valence-electron chi connectivity index (χ4n) is 2.08. The van der Waals surface area contributed by atoms with Crippen molar-refractivity contribution >= 4 is 29.9 Å². The molecular weight excluding hydrogens is 271 g/mol. The molecule has 0 spiro atoms. The smallest absolute Gasteiger partial charge is 0.224 e. The first-order valence-corrected chi connectivity index (χ1v) is 6.36. The molecule has 18 heavy (non-hydrogen) atoms. The number of carbonyl (C=O) groups excluding carboxylic acids is 1. The first-order chi connectivity index (χ1) is 8.24. The van der Waals surface area contributed by atoms with Gasteiger partial charge in [-0.15, -0.1) is 12.4 Å². The number of hydrogen-bond donors (Lipinski definition) is 2. The van der Waals surface area contributed by atoms with E-state index >= 15 is 0 Å². The van der Waals surface area contributed by atoms with Crippen LogP contribution in [0.25, 0.3) is 0 Å². The van der Waals surface area contributed by atoms with E-state index in [0.717, 1.165) is 31.5 Å². The molecule has 1 aromatic carbocycles. The van der Waals surface area contributed by atoms with Crippen LogP contribution in [-0.4, -0.2) is 25.0 Å². The van der Waals surface area contributed by atoms with Gasteiger partial charge < -0.3 is 10.6 Å². The molecule has 0 unspecified atom stereocenters. The molecule has 0 aromatic heterocycles. The predicted octanol–water partition coefficient (Wildman–Crippen LogP) is 2.17. The summed E-state index contributed by atoms with van der Waals surface area (Å²) in [4.78, 5) is 11.8. The molecule has 3 nitrogen and oxygen atoms in total. The number of benzene rings is 1. The van der Waals surface area contributed by atoms with Crippen LogP contribution in [0.4, 0.5) is 0 Å². The molecule has 0 atom stereocenters. The second-order valence-corrected chi connectivity index (χ2v) is 4.83. The van der Waals surface area contributed by atoms with E-state index in [1.807, 2.05) is 24.3 Å². The second kappa shape index (κ2) is 7.62. The van der Waals surface area contributed by atoms with Crippen LogP contribution in [-0.2, 0) is 11.2 Å². The van der Waals surface area contributed by atoms with Crippen molar-refractivity contribution in [3.63, 3.8) is 0 Å². The van der Waals surface area contributed by atoms with Gasteiger partial charge in [0.2, 0.25) is 5.91 Å². The lowest BCUT2D eigenvalue weighted by Gasteiger charge is -2.23. The molecular formula is C13H18Cl2N2O. The number of nitrogens with one attached hydrogen (secondary N) is 2. The molecule has 2 rings (SSSR count). The lowest BCUT2D eigenvalue weighted by atomic mass is 10.1. The third-order valence-electron chi connectivity index (χ3n) is 2.96. The van der Waals surface area contributed by atoms with Gasteiger partial charge in [-0.05, 0) is 43.6 Å². The quantitative estimate of drug-likeness (QED) is 0.895. The maximum atomic E-state index is 11.8. The Kier molecular flexibility index (Phi) is 6.47.